The van der Waals surface area contributed by atoms with Crippen LogP contribution in [0.1, 0.15) is 49.7 Å². The molecule has 4 nitrogen and oxygen atoms in total. The van der Waals surface area contributed by atoms with Gasteiger partial charge in [-0.1, -0.05) is 84.0 Å². The van der Waals surface area contributed by atoms with E-state index in [9.17, 15) is 9.59 Å². The average Bonchev–Trinajstić information content (AvgIpc) is 3.44. The lowest BCUT2D eigenvalue weighted by molar-refractivity contribution is -0.141. The fourth-order valence-corrected chi connectivity index (χ4v) is 6.29. The molecule has 39 heavy (non-hydrogen) atoms. The monoisotopic (exact) mass is 602 g/mol. The molecule has 1 aliphatic carbocycles. The summed E-state index contributed by atoms with van der Waals surface area (Å²) in [5.74, 6) is 0.598. The summed E-state index contributed by atoms with van der Waals surface area (Å²) in [4.78, 5) is 30.4. The lowest BCUT2D eigenvalue weighted by Crippen LogP contribution is -2.52. The predicted octanol–water partition coefficient (Wildman–Crippen LogP) is 8.22. The first kappa shape index (κ1) is 29.8. The molecule has 1 saturated carbocycles. The van der Waals surface area contributed by atoms with Crippen molar-refractivity contribution in [3.05, 3.63) is 99.0 Å². The van der Waals surface area contributed by atoms with Gasteiger partial charge in [-0.25, -0.2) is 0 Å². The maximum absolute atomic E-state index is 13.8. The molecule has 1 fully saturated rings. The van der Waals surface area contributed by atoms with Crippen LogP contribution >= 0.6 is 46.6 Å². The Morgan fingerprint density at radius 2 is 1.62 bits per heavy atom. The Hall–Kier alpha value is -2.18. The summed E-state index contributed by atoms with van der Waals surface area (Å²) in [5.41, 5.74) is 1.76. The first-order valence-electron chi connectivity index (χ1n) is 13.3. The second kappa shape index (κ2) is 15.0. The Morgan fingerprint density at radius 3 is 2.31 bits per heavy atom. The van der Waals surface area contributed by atoms with Gasteiger partial charge >= 0.3 is 0 Å². The summed E-state index contributed by atoms with van der Waals surface area (Å²) in [6.07, 6.45) is 5.61. The Balaban J connectivity index is 1.54. The molecule has 2 amide bonds. The van der Waals surface area contributed by atoms with Crippen LogP contribution in [0.3, 0.4) is 0 Å². The van der Waals surface area contributed by atoms with E-state index >= 15 is 0 Å². The highest BCUT2D eigenvalue weighted by Crippen LogP contribution is 2.26. The van der Waals surface area contributed by atoms with E-state index in [2.05, 4.69) is 5.32 Å². The molecule has 0 aromatic heterocycles. The first-order valence-corrected chi connectivity index (χ1v) is 15.5. The standard InChI is InChI=1S/C31H33Cl3N2O2S/c32-24-14-16-27(17-15-24)39-18-6-11-30(37)36(21-23-12-13-25(33)20-28(23)34)29(19-22-7-2-1-3-8-22)31(38)35-26-9-4-5-10-26/h1-3,7-8,12-17,20,26,29H,4-6,9-11,18-19,21H2,(H,35,38). The van der Waals surface area contributed by atoms with Crippen LogP contribution in [0.5, 0.6) is 0 Å². The molecule has 0 radical (unpaired) electrons. The molecule has 3 aromatic rings. The third-order valence-corrected chi connectivity index (χ3v) is 8.88. The number of nitrogens with zero attached hydrogens (tertiary/aromatic N) is 1. The molecule has 1 unspecified atom stereocenters. The zero-order chi connectivity index (χ0) is 27.6. The minimum atomic E-state index is -0.656. The van der Waals surface area contributed by atoms with Gasteiger partial charge in [-0.3, -0.25) is 9.59 Å². The molecule has 1 atom stereocenters. The zero-order valence-electron chi connectivity index (χ0n) is 21.8. The molecule has 1 aliphatic rings. The van der Waals surface area contributed by atoms with Crippen LogP contribution in [0, 0.1) is 0 Å². The SMILES string of the molecule is O=C(NC1CCCC1)C(Cc1ccccc1)N(Cc1ccc(Cl)cc1Cl)C(=O)CCCSc1ccc(Cl)cc1. The van der Waals surface area contributed by atoms with Crippen LogP contribution in [-0.4, -0.2) is 34.6 Å². The van der Waals surface area contributed by atoms with Crippen molar-refractivity contribution >= 4 is 58.4 Å². The molecule has 4 rings (SSSR count). The number of benzene rings is 3. The van der Waals surface area contributed by atoms with E-state index in [0.717, 1.165) is 47.5 Å². The number of thioether (sulfide) groups is 1. The molecular formula is C31H33Cl3N2O2S. The van der Waals surface area contributed by atoms with Gasteiger partial charge in [-0.15, -0.1) is 11.8 Å². The highest BCUT2D eigenvalue weighted by atomic mass is 35.5. The Kier molecular flexibility index (Phi) is 11.5. The molecule has 1 N–H and O–H groups in total. The van der Waals surface area contributed by atoms with Crippen LogP contribution in [0.2, 0.25) is 15.1 Å². The summed E-state index contributed by atoms with van der Waals surface area (Å²) in [6.45, 7) is 0.231. The third-order valence-electron chi connectivity index (χ3n) is 6.95. The number of hydrogen-bond donors (Lipinski definition) is 1. The smallest absolute Gasteiger partial charge is 0.243 e. The first-order chi connectivity index (χ1) is 18.9. The molecule has 0 bridgehead atoms. The second-order valence-electron chi connectivity index (χ2n) is 9.86. The van der Waals surface area contributed by atoms with Gasteiger partial charge < -0.3 is 10.2 Å². The number of rotatable bonds is 12. The molecular weight excluding hydrogens is 571 g/mol. The van der Waals surface area contributed by atoms with Gasteiger partial charge in [-0.2, -0.15) is 0 Å². The van der Waals surface area contributed by atoms with Gasteiger partial charge in [0.15, 0.2) is 0 Å². The summed E-state index contributed by atoms with van der Waals surface area (Å²) in [5, 5.41) is 4.94. The Labute approximate surface area is 250 Å². The third kappa shape index (κ3) is 9.18. The van der Waals surface area contributed by atoms with Crippen LogP contribution < -0.4 is 5.32 Å². The zero-order valence-corrected chi connectivity index (χ0v) is 24.8. The van der Waals surface area contributed by atoms with Gasteiger partial charge in [-0.05, 0) is 72.5 Å². The van der Waals surface area contributed by atoms with Crippen molar-refractivity contribution in [2.24, 2.45) is 0 Å². The second-order valence-corrected chi connectivity index (χ2v) is 12.3. The Bertz CT molecular complexity index is 1230. The van der Waals surface area contributed by atoms with Crippen LogP contribution in [-0.2, 0) is 22.6 Å². The predicted molar refractivity (Wildman–Crippen MR) is 163 cm³/mol. The van der Waals surface area contributed by atoms with E-state index in [-0.39, 0.29) is 24.4 Å². The van der Waals surface area contributed by atoms with Gasteiger partial charge in [0.2, 0.25) is 11.8 Å². The quantitative estimate of drug-likeness (QED) is 0.168. The normalized spacial score (nSPS) is 14.2. The van der Waals surface area contributed by atoms with Crippen molar-refractivity contribution < 1.29 is 9.59 Å². The van der Waals surface area contributed by atoms with Crippen molar-refractivity contribution in [3.8, 4) is 0 Å². The fourth-order valence-electron chi connectivity index (χ4n) is 4.84. The van der Waals surface area contributed by atoms with E-state index in [1.165, 1.54) is 0 Å². The highest BCUT2D eigenvalue weighted by Gasteiger charge is 2.32. The molecule has 0 heterocycles. The fraction of sp³-hybridized carbons (Fsp3) is 0.355. The van der Waals surface area contributed by atoms with E-state index < -0.39 is 6.04 Å². The number of carbonyl (C=O) groups is 2. The molecule has 0 spiro atoms. The maximum atomic E-state index is 13.8. The highest BCUT2D eigenvalue weighted by molar-refractivity contribution is 7.99. The molecule has 8 heteroatoms. The van der Waals surface area contributed by atoms with Crippen molar-refractivity contribution in [2.75, 3.05) is 5.75 Å². The van der Waals surface area contributed by atoms with E-state index in [0.29, 0.717) is 34.3 Å². The average molecular weight is 604 g/mol. The summed E-state index contributed by atoms with van der Waals surface area (Å²) in [7, 11) is 0. The molecule has 0 saturated heterocycles. The number of amides is 2. The van der Waals surface area contributed by atoms with Crippen molar-refractivity contribution in [2.45, 2.75) is 68.5 Å². The Morgan fingerprint density at radius 1 is 0.923 bits per heavy atom. The number of hydrogen-bond acceptors (Lipinski definition) is 3. The van der Waals surface area contributed by atoms with Crippen molar-refractivity contribution in [3.63, 3.8) is 0 Å². The number of carbonyl (C=O) groups excluding carboxylic acids is 2. The minimum Gasteiger partial charge on any atom is -0.352 e. The van der Waals surface area contributed by atoms with Crippen LogP contribution in [0.25, 0.3) is 0 Å². The van der Waals surface area contributed by atoms with Gasteiger partial charge in [0.25, 0.3) is 0 Å². The van der Waals surface area contributed by atoms with Gasteiger partial charge in [0.1, 0.15) is 6.04 Å². The van der Waals surface area contributed by atoms with E-state index in [1.54, 1.807) is 28.8 Å². The van der Waals surface area contributed by atoms with Crippen LogP contribution in [0.15, 0.2) is 77.7 Å². The number of nitrogens with one attached hydrogen (secondary N) is 1. The van der Waals surface area contributed by atoms with Crippen molar-refractivity contribution in [1.29, 1.82) is 0 Å². The van der Waals surface area contributed by atoms with Gasteiger partial charge in [0.05, 0.1) is 0 Å². The minimum absolute atomic E-state index is 0.0692. The lowest BCUT2D eigenvalue weighted by atomic mass is 10.0. The topological polar surface area (TPSA) is 49.4 Å². The molecule has 0 aliphatic heterocycles. The van der Waals surface area contributed by atoms with E-state index in [1.807, 2.05) is 60.7 Å². The summed E-state index contributed by atoms with van der Waals surface area (Å²) >= 11 is 20.3. The summed E-state index contributed by atoms with van der Waals surface area (Å²) < 4.78 is 0. The van der Waals surface area contributed by atoms with Crippen LogP contribution in [0.4, 0.5) is 0 Å². The largest absolute Gasteiger partial charge is 0.352 e. The van der Waals surface area contributed by atoms with Gasteiger partial charge in [0, 0.05) is 45.4 Å². The maximum Gasteiger partial charge on any atom is 0.243 e. The van der Waals surface area contributed by atoms with Crippen molar-refractivity contribution in [1.82, 2.24) is 10.2 Å². The lowest BCUT2D eigenvalue weighted by Gasteiger charge is -2.32. The summed E-state index contributed by atoms with van der Waals surface area (Å²) in [6, 6.07) is 22.3. The molecule has 206 valence electrons. The number of halogens is 3. The molecule has 3 aromatic carbocycles. The van der Waals surface area contributed by atoms with E-state index in [4.69, 9.17) is 34.8 Å².